The van der Waals surface area contributed by atoms with Gasteiger partial charge in [0.25, 0.3) is 12.3 Å². The molecule has 1 aliphatic carbocycles. The molecule has 176 valence electrons. The first-order valence-corrected chi connectivity index (χ1v) is 12.3. The monoisotopic (exact) mass is 520 g/mol. The van der Waals surface area contributed by atoms with Crippen LogP contribution in [-0.2, 0) is 11.0 Å². The van der Waals surface area contributed by atoms with Crippen LogP contribution in [0.5, 0.6) is 0 Å². The van der Waals surface area contributed by atoms with Crippen LogP contribution >= 0.6 is 22.9 Å². The Labute approximate surface area is 196 Å². The largest absolute Gasteiger partial charge is 0.307 e. The molecule has 0 aromatic carbocycles. The molecule has 1 aliphatic heterocycles. The Bertz CT molecular complexity index is 1300. The van der Waals surface area contributed by atoms with Gasteiger partial charge in [-0.05, 0) is 25.8 Å². The van der Waals surface area contributed by atoms with E-state index in [1.807, 2.05) is 6.92 Å². The Morgan fingerprint density at radius 3 is 2.73 bits per heavy atom. The van der Waals surface area contributed by atoms with Gasteiger partial charge >= 0.3 is 0 Å². The summed E-state index contributed by atoms with van der Waals surface area (Å²) < 4.78 is 73.3. The van der Waals surface area contributed by atoms with Crippen molar-refractivity contribution >= 4 is 45.0 Å². The van der Waals surface area contributed by atoms with Gasteiger partial charge < -0.3 is 5.32 Å². The molecule has 1 unspecified atom stereocenters. The lowest BCUT2D eigenvalue weighted by atomic mass is 9.97. The molecule has 5 rings (SSSR count). The molecule has 0 radical (unpaired) electrons. The fourth-order valence-corrected chi connectivity index (χ4v) is 5.70. The molecular formula is C19H17ClF4N6OS2. The Morgan fingerprint density at radius 1 is 1.33 bits per heavy atom. The van der Waals surface area contributed by atoms with Crippen LogP contribution in [0.4, 0.5) is 17.6 Å². The fourth-order valence-electron chi connectivity index (χ4n) is 3.54. The number of alkyl halides is 4. The molecule has 0 spiro atoms. The van der Waals surface area contributed by atoms with Crippen molar-refractivity contribution in [2.45, 2.75) is 42.5 Å². The number of fused-ring (bicyclic) bond motifs is 1. The molecule has 7 nitrogen and oxygen atoms in total. The highest BCUT2D eigenvalue weighted by atomic mass is 35.5. The van der Waals surface area contributed by atoms with Crippen LogP contribution in [0.1, 0.15) is 36.8 Å². The predicted octanol–water partition coefficient (Wildman–Crippen LogP) is 4.23. The Morgan fingerprint density at radius 2 is 2.09 bits per heavy atom. The van der Waals surface area contributed by atoms with Crippen molar-refractivity contribution in [1.82, 2.24) is 29.6 Å². The van der Waals surface area contributed by atoms with E-state index in [0.717, 1.165) is 12.8 Å². The molecule has 0 amide bonds. The van der Waals surface area contributed by atoms with Crippen molar-refractivity contribution in [1.29, 1.82) is 0 Å². The number of hydrogen-bond donors (Lipinski definition) is 2. The molecule has 3 aromatic heterocycles. The number of aromatic nitrogens is 4. The molecule has 1 saturated carbocycles. The van der Waals surface area contributed by atoms with Gasteiger partial charge in [0, 0.05) is 29.4 Å². The summed E-state index contributed by atoms with van der Waals surface area (Å²) in [4.78, 5) is 4.42. The molecule has 0 bridgehead atoms. The average molecular weight is 521 g/mol. The lowest BCUT2D eigenvalue weighted by molar-refractivity contribution is 0.0637. The summed E-state index contributed by atoms with van der Waals surface area (Å²) in [6.07, 6.45) is 1.66. The number of halogens is 5. The summed E-state index contributed by atoms with van der Waals surface area (Å²) >= 11 is 6.98. The molecular weight excluding hydrogens is 504 g/mol. The zero-order valence-corrected chi connectivity index (χ0v) is 19.4. The van der Waals surface area contributed by atoms with Gasteiger partial charge in [-0.25, -0.2) is 22.7 Å². The van der Waals surface area contributed by atoms with Crippen molar-refractivity contribution in [3.05, 3.63) is 34.1 Å². The summed E-state index contributed by atoms with van der Waals surface area (Å²) in [5.41, 5.74) is -0.357. The smallest absolute Gasteiger partial charge is 0.291 e. The van der Waals surface area contributed by atoms with Gasteiger partial charge in [-0.2, -0.15) is 8.78 Å². The van der Waals surface area contributed by atoms with E-state index in [-0.39, 0.29) is 49.6 Å². The highest BCUT2D eigenvalue weighted by Crippen LogP contribution is 2.41. The van der Waals surface area contributed by atoms with Gasteiger partial charge in [0.05, 0.1) is 17.0 Å². The van der Waals surface area contributed by atoms with Crippen molar-refractivity contribution < 1.29 is 21.8 Å². The number of nitrogens with zero attached hydrogens (tertiary/aromatic N) is 4. The quantitative estimate of drug-likeness (QED) is 0.475. The third-order valence-corrected chi connectivity index (χ3v) is 8.04. The first-order chi connectivity index (χ1) is 15.6. The van der Waals surface area contributed by atoms with E-state index in [2.05, 4.69) is 25.2 Å². The van der Waals surface area contributed by atoms with E-state index < -0.39 is 34.9 Å². The highest BCUT2D eigenvalue weighted by molar-refractivity contribution is 7.83. The van der Waals surface area contributed by atoms with E-state index >= 15 is 0 Å². The standard InChI is InChI=1S/C19H17ClF4N6OS2/c1-18(3-4-18)29-33(31)9-6-10(11-2-5-25-8-19(11,23)24)12-13(20)26-15(30(12)7-9)17-28-27-16(32-17)14(21)22/h2,6-7,14,25,29H,3-5,8H2,1H3. The maximum absolute atomic E-state index is 14.9. The highest BCUT2D eigenvalue weighted by Gasteiger charge is 2.41. The van der Waals surface area contributed by atoms with Crippen molar-refractivity contribution in [2.24, 2.45) is 0 Å². The Balaban J connectivity index is 1.73. The summed E-state index contributed by atoms with van der Waals surface area (Å²) in [5, 5.41) is 9.28. The lowest BCUT2D eigenvalue weighted by Gasteiger charge is -2.26. The van der Waals surface area contributed by atoms with Gasteiger partial charge in [0.15, 0.2) is 21.0 Å². The Kier molecular flexibility index (Phi) is 5.59. The lowest BCUT2D eigenvalue weighted by Crippen LogP contribution is -2.38. The summed E-state index contributed by atoms with van der Waals surface area (Å²) in [7, 11) is -1.73. The van der Waals surface area contributed by atoms with E-state index in [0.29, 0.717) is 11.3 Å². The van der Waals surface area contributed by atoms with Crippen LogP contribution in [0.2, 0.25) is 5.15 Å². The predicted molar refractivity (Wildman–Crippen MR) is 117 cm³/mol. The maximum Gasteiger partial charge on any atom is 0.291 e. The summed E-state index contributed by atoms with van der Waals surface area (Å²) in [6.45, 7) is 1.56. The normalized spacial score (nSPS) is 20.3. The molecule has 4 heterocycles. The second-order valence-electron chi connectivity index (χ2n) is 8.17. The van der Waals surface area contributed by atoms with Crippen molar-refractivity contribution in [2.75, 3.05) is 13.1 Å². The summed E-state index contributed by atoms with van der Waals surface area (Å²) in [5.74, 6) is -3.16. The van der Waals surface area contributed by atoms with E-state index in [9.17, 15) is 21.8 Å². The minimum atomic E-state index is -3.21. The Hall–Kier alpha value is -1.93. The second kappa shape index (κ2) is 8.08. The minimum Gasteiger partial charge on any atom is -0.307 e. The van der Waals surface area contributed by atoms with Crippen LogP contribution in [0.3, 0.4) is 0 Å². The number of rotatable bonds is 6. The molecule has 14 heteroatoms. The van der Waals surface area contributed by atoms with Crippen LogP contribution in [0.15, 0.2) is 23.2 Å². The second-order valence-corrected chi connectivity index (χ2v) is 10.7. The van der Waals surface area contributed by atoms with Crippen molar-refractivity contribution in [3.63, 3.8) is 0 Å². The van der Waals surface area contributed by atoms with Gasteiger partial charge in [-0.15, -0.1) is 10.2 Å². The molecule has 2 N–H and O–H groups in total. The molecule has 2 aliphatic rings. The number of pyridine rings is 1. The molecule has 0 saturated heterocycles. The molecule has 33 heavy (non-hydrogen) atoms. The molecule has 1 atom stereocenters. The zero-order chi connectivity index (χ0) is 23.5. The van der Waals surface area contributed by atoms with Crippen molar-refractivity contribution in [3.8, 4) is 10.8 Å². The SMILES string of the molecule is CC1(NS(=O)c2cc(C3=CCNCC3(F)F)c3c(Cl)nc(-c4nnc(C(F)F)s4)n3c2)CC1. The van der Waals surface area contributed by atoms with Crippen LogP contribution < -0.4 is 10.0 Å². The van der Waals surface area contributed by atoms with Gasteiger partial charge in [-0.3, -0.25) is 4.40 Å². The van der Waals surface area contributed by atoms with Crippen LogP contribution in [0, 0.1) is 0 Å². The van der Waals surface area contributed by atoms with Crippen LogP contribution in [-0.4, -0.2) is 48.3 Å². The van der Waals surface area contributed by atoms with E-state index in [1.165, 1.54) is 22.7 Å². The van der Waals surface area contributed by atoms with Gasteiger partial charge in [-0.1, -0.05) is 29.0 Å². The molecule has 1 fully saturated rings. The zero-order valence-electron chi connectivity index (χ0n) is 17.0. The number of imidazole rings is 1. The first-order valence-electron chi connectivity index (χ1n) is 9.91. The van der Waals surface area contributed by atoms with Gasteiger partial charge in [0.1, 0.15) is 11.0 Å². The van der Waals surface area contributed by atoms with E-state index in [4.69, 9.17) is 11.6 Å². The third kappa shape index (κ3) is 4.20. The third-order valence-electron chi connectivity index (χ3n) is 5.52. The minimum absolute atomic E-state index is 0.0363. The fraction of sp³-hybridized carbons (Fsp3) is 0.421. The van der Waals surface area contributed by atoms with Gasteiger partial charge in [0.2, 0.25) is 0 Å². The maximum atomic E-state index is 14.9. The summed E-state index contributed by atoms with van der Waals surface area (Å²) in [6, 6.07) is 1.41. The topological polar surface area (TPSA) is 84.2 Å². The number of hydrogen-bond acceptors (Lipinski definition) is 6. The van der Waals surface area contributed by atoms with Crippen LogP contribution in [0.25, 0.3) is 21.9 Å². The average Bonchev–Trinajstić information content (AvgIpc) is 3.14. The number of nitrogens with one attached hydrogen (secondary N) is 2. The first kappa shape index (κ1) is 22.8. The molecule has 3 aromatic rings. The van der Waals surface area contributed by atoms with E-state index in [1.54, 1.807) is 0 Å².